The lowest BCUT2D eigenvalue weighted by Gasteiger charge is -2.32. The Hall–Kier alpha value is -2.05. The maximum atomic E-state index is 9.83. The smallest absolute Gasteiger partial charge is 0.116 e. The highest BCUT2D eigenvalue weighted by atomic mass is 16.5. The number of H-pyrrole nitrogens is 1. The van der Waals surface area contributed by atoms with Crippen molar-refractivity contribution >= 4 is 16.6 Å². The zero-order valence-corrected chi connectivity index (χ0v) is 16.4. The molecule has 1 saturated carbocycles. The molecule has 3 unspecified atom stereocenters. The maximum Gasteiger partial charge on any atom is 0.116 e. The molecule has 6 heteroatoms. The number of phenolic OH excluding ortho intramolecular Hbond substituents is 1. The average Bonchev–Trinajstić information content (AvgIpc) is 3.31. The number of benzene rings is 1. The van der Waals surface area contributed by atoms with E-state index in [0.29, 0.717) is 18.1 Å². The Morgan fingerprint density at radius 1 is 1.18 bits per heavy atom. The SMILES string of the molecule is Oc1ccc2[nH]nc(C3=CC4CC(OCCN5CCCCC5)CCC4N3)c2c1. The molecule has 2 fully saturated rings. The summed E-state index contributed by atoms with van der Waals surface area (Å²) >= 11 is 0. The molecule has 28 heavy (non-hydrogen) atoms. The Morgan fingerprint density at radius 2 is 2.07 bits per heavy atom. The van der Waals surface area contributed by atoms with Crippen molar-refractivity contribution in [3.8, 4) is 5.75 Å². The highest BCUT2D eigenvalue weighted by Gasteiger charge is 2.35. The minimum absolute atomic E-state index is 0.272. The van der Waals surface area contributed by atoms with Crippen LogP contribution in [0.1, 0.15) is 44.2 Å². The van der Waals surface area contributed by atoms with Crippen LogP contribution in [0.15, 0.2) is 24.3 Å². The molecule has 0 radical (unpaired) electrons. The summed E-state index contributed by atoms with van der Waals surface area (Å²) in [5.74, 6) is 0.765. The molecule has 1 aromatic heterocycles. The lowest BCUT2D eigenvalue weighted by Crippen LogP contribution is -2.38. The van der Waals surface area contributed by atoms with Crippen molar-refractivity contribution < 1.29 is 9.84 Å². The molecule has 1 aliphatic carbocycles. The maximum absolute atomic E-state index is 9.83. The van der Waals surface area contributed by atoms with Gasteiger partial charge in [0.25, 0.3) is 0 Å². The molecular weight excluding hydrogens is 352 g/mol. The minimum atomic E-state index is 0.272. The van der Waals surface area contributed by atoms with Gasteiger partial charge in [-0.3, -0.25) is 5.10 Å². The number of nitrogens with one attached hydrogen (secondary N) is 2. The second kappa shape index (κ2) is 7.76. The molecule has 3 atom stereocenters. The van der Waals surface area contributed by atoms with Gasteiger partial charge in [-0.05, 0) is 63.4 Å². The third-order valence-corrected chi connectivity index (χ3v) is 6.58. The van der Waals surface area contributed by atoms with E-state index in [2.05, 4.69) is 26.5 Å². The number of ether oxygens (including phenoxy) is 1. The van der Waals surface area contributed by atoms with Crippen LogP contribution in [-0.4, -0.2) is 58.6 Å². The lowest BCUT2D eigenvalue weighted by atomic mass is 9.84. The fourth-order valence-electron chi connectivity index (χ4n) is 5.03. The van der Waals surface area contributed by atoms with E-state index in [0.717, 1.165) is 54.7 Å². The first-order chi connectivity index (χ1) is 13.8. The second-order valence-corrected chi connectivity index (χ2v) is 8.51. The summed E-state index contributed by atoms with van der Waals surface area (Å²) < 4.78 is 6.25. The Balaban J connectivity index is 1.21. The van der Waals surface area contributed by atoms with Crippen molar-refractivity contribution in [2.75, 3.05) is 26.2 Å². The molecule has 150 valence electrons. The van der Waals surface area contributed by atoms with Gasteiger partial charge in [0.2, 0.25) is 0 Å². The van der Waals surface area contributed by atoms with Crippen molar-refractivity contribution in [1.29, 1.82) is 0 Å². The first kappa shape index (κ1) is 18.0. The third kappa shape index (κ3) is 3.63. The van der Waals surface area contributed by atoms with Gasteiger partial charge in [-0.1, -0.05) is 12.5 Å². The van der Waals surface area contributed by atoms with Gasteiger partial charge >= 0.3 is 0 Å². The molecule has 3 aliphatic rings. The number of nitrogens with zero attached hydrogens (tertiary/aromatic N) is 2. The monoisotopic (exact) mass is 382 g/mol. The quantitative estimate of drug-likeness (QED) is 0.740. The van der Waals surface area contributed by atoms with Crippen LogP contribution in [0, 0.1) is 5.92 Å². The molecule has 0 amide bonds. The molecule has 2 aliphatic heterocycles. The molecule has 3 heterocycles. The van der Waals surface area contributed by atoms with Gasteiger partial charge in [-0.15, -0.1) is 0 Å². The van der Waals surface area contributed by atoms with E-state index in [1.807, 2.05) is 6.07 Å². The molecule has 2 aromatic rings. The molecular formula is C22H30N4O2. The van der Waals surface area contributed by atoms with Crippen molar-refractivity contribution in [3.05, 3.63) is 30.0 Å². The fraction of sp³-hybridized carbons (Fsp3) is 0.591. The number of piperidine rings is 1. The van der Waals surface area contributed by atoms with Gasteiger partial charge in [-0.25, -0.2) is 0 Å². The van der Waals surface area contributed by atoms with Crippen LogP contribution in [-0.2, 0) is 4.74 Å². The van der Waals surface area contributed by atoms with Gasteiger partial charge < -0.3 is 20.1 Å². The van der Waals surface area contributed by atoms with Crippen LogP contribution in [0.25, 0.3) is 16.6 Å². The Labute approximate surface area is 165 Å². The fourth-order valence-corrected chi connectivity index (χ4v) is 5.03. The van der Waals surface area contributed by atoms with Crippen LogP contribution in [0.5, 0.6) is 5.75 Å². The molecule has 1 saturated heterocycles. The molecule has 0 spiro atoms. The van der Waals surface area contributed by atoms with Gasteiger partial charge in [0.1, 0.15) is 11.4 Å². The van der Waals surface area contributed by atoms with Gasteiger partial charge in [0.15, 0.2) is 0 Å². The second-order valence-electron chi connectivity index (χ2n) is 8.51. The summed E-state index contributed by atoms with van der Waals surface area (Å²) in [4.78, 5) is 2.54. The predicted octanol–water partition coefficient (Wildman–Crippen LogP) is 3.25. The van der Waals surface area contributed by atoms with Crippen LogP contribution in [0.3, 0.4) is 0 Å². The Kier molecular flexibility index (Phi) is 4.99. The van der Waals surface area contributed by atoms with E-state index in [-0.39, 0.29) is 5.75 Å². The van der Waals surface area contributed by atoms with Crippen LogP contribution >= 0.6 is 0 Å². The molecule has 0 bridgehead atoms. The van der Waals surface area contributed by atoms with Gasteiger partial charge in [0, 0.05) is 23.9 Å². The van der Waals surface area contributed by atoms with Crippen molar-refractivity contribution in [3.63, 3.8) is 0 Å². The van der Waals surface area contributed by atoms with Gasteiger partial charge in [-0.2, -0.15) is 5.10 Å². The largest absolute Gasteiger partial charge is 0.508 e. The normalized spacial score (nSPS) is 28.1. The number of phenols is 1. The first-order valence-corrected chi connectivity index (χ1v) is 10.8. The van der Waals surface area contributed by atoms with Crippen LogP contribution in [0.2, 0.25) is 0 Å². The zero-order chi connectivity index (χ0) is 18.9. The van der Waals surface area contributed by atoms with Crippen molar-refractivity contribution in [1.82, 2.24) is 20.4 Å². The summed E-state index contributed by atoms with van der Waals surface area (Å²) in [6.07, 6.45) is 10.1. The number of fused-ring (bicyclic) bond motifs is 2. The minimum Gasteiger partial charge on any atom is -0.508 e. The average molecular weight is 383 g/mol. The summed E-state index contributed by atoms with van der Waals surface area (Å²) in [7, 11) is 0. The van der Waals surface area contributed by atoms with Crippen molar-refractivity contribution in [2.24, 2.45) is 5.92 Å². The number of aromatic nitrogens is 2. The van der Waals surface area contributed by atoms with Crippen molar-refractivity contribution in [2.45, 2.75) is 50.7 Å². The summed E-state index contributed by atoms with van der Waals surface area (Å²) in [5.41, 5.74) is 2.94. The van der Waals surface area contributed by atoms with E-state index in [1.165, 1.54) is 32.4 Å². The number of hydrogen-bond acceptors (Lipinski definition) is 5. The number of likely N-dealkylation sites (tertiary alicyclic amines) is 1. The topological polar surface area (TPSA) is 73.4 Å². The van der Waals surface area contributed by atoms with E-state index < -0.39 is 0 Å². The van der Waals surface area contributed by atoms with E-state index in [9.17, 15) is 5.11 Å². The summed E-state index contributed by atoms with van der Waals surface area (Å²) in [6.45, 7) is 4.41. The highest BCUT2D eigenvalue weighted by Crippen LogP contribution is 2.37. The summed E-state index contributed by atoms with van der Waals surface area (Å²) in [6, 6.07) is 5.81. The van der Waals surface area contributed by atoms with E-state index in [1.54, 1.807) is 12.1 Å². The first-order valence-electron chi connectivity index (χ1n) is 10.8. The molecule has 1 aromatic carbocycles. The zero-order valence-electron chi connectivity index (χ0n) is 16.4. The number of rotatable bonds is 5. The predicted molar refractivity (Wildman–Crippen MR) is 110 cm³/mol. The molecule has 6 nitrogen and oxygen atoms in total. The molecule has 3 N–H and O–H groups in total. The lowest BCUT2D eigenvalue weighted by molar-refractivity contribution is 0.00229. The Bertz CT molecular complexity index is 855. The summed E-state index contributed by atoms with van der Waals surface area (Å²) in [5, 5.41) is 22.0. The van der Waals surface area contributed by atoms with Gasteiger partial charge in [0.05, 0.1) is 23.9 Å². The molecule has 5 rings (SSSR count). The van der Waals surface area contributed by atoms with Crippen LogP contribution < -0.4 is 5.32 Å². The standard InChI is InChI=1S/C22H30N4O2/c27-16-4-6-20-18(14-16)22(25-24-20)21-13-15-12-17(5-7-19(15)23-21)28-11-10-26-8-2-1-3-9-26/h4,6,13-15,17,19,23,27H,1-3,5,7-12H2,(H,24,25). The highest BCUT2D eigenvalue weighted by molar-refractivity contribution is 5.91. The van der Waals surface area contributed by atoms with E-state index in [4.69, 9.17) is 4.74 Å². The number of aromatic hydroxyl groups is 1. The third-order valence-electron chi connectivity index (χ3n) is 6.58. The van der Waals surface area contributed by atoms with E-state index >= 15 is 0 Å². The van der Waals surface area contributed by atoms with Crippen LogP contribution in [0.4, 0.5) is 0 Å². The number of aromatic amines is 1. The Morgan fingerprint density at radius 3 is 2.96 bits per heavy atom. The number of hydrogen-bond donors (Lipinski definition) is 3.